The molecular formula is C39H61NO11. The second-order valence-electron chi connectivity index (χ2n) is 17.9. The Kier molecular flexibility index (Phi) is 10.4. The van der Waals surface area contributed by atoms with Gasteiger partial charge >= 0.3 is 18.0 Å². The van der Waals surface area contributed by atoms with E-state index in [0.29, 0.717) is 12.8 Å². The van der Waals surface area contributed by atoms with Gasteiger partial charge in [0.25, 0.3) is 0 Å². The number of ether oxygens (including phenoxy) is 6. The van der Waals surface area contributed by atoms with Crippen molar-refractivity contribution in [1.82, 2.24) is 5.32 Å². The van der Waals surface area contributed by atoms with Crippen molar-refractivity contribution in [3.05, 3.63) is 23.8 Å². The first kappa shape index (κ1) is 39.7. The van der Waals surface area contributed by atoms with Crippen molar-refractivity contribution in [2.45, 2.75) is 162 Å². The average Bonchev–Trinajstić information content (AvgIpc) is 3.25. The van der Waals surface area contributed by atoms with Crippen LogP contribution in [0, 0.1) is 34.5 Å². The van der Waals surface area contributed by atoms with E-state index < -0.39 is 88.3 Å². The van der Waals surface area contributed by atoms with Crippen molar-refractivity contribution in [3.63, 3.8) is 0 Å². The summed E-state index contributed by atoms with van der Waals surface area (Å²) >= 11 is 0. The Labute approximate surface area is 303 Å². The number of amides is 1. The van der Waals surface area contributed by atoms with Crippen LogP contribution in [0.3, 0.4) is 0 Å². The first-order chi connectivity index (χ1) is 23.4. The normalized spacial score (nSPS) is 40.1. The Bertz CT molecular complexity index is 1430. The molecule has 4 fully saturated rings. The fourth-order valence-corrected chi connectivity index (χ4v) is 10.9. The van der Waals surface area contributed by atoms with Gasteiger partial charge in [-0.2, -0.15) is 0 Å². The summed E-state index contributed by atoms with van der Waals surface area (Å²) in [5.41, 5.74) is -3.11. The van der Waals surface area contributed by atoms with Gasteiger partial charge < -0.3 is 44.0 Å². The highest BCUT2D eigenvalue weighted by molar-refractivity contribution is 5.77. The van der Waals surface area contributed by atoms with E-state index in [-0.39, 0.29) is 36.9 Å². The third-order valence-corrected chi connectivity index (χ3v) is 12.6. The molecule has 3 N–H and O–H groups in total. The van der Waals surface area contributed by atoms with Crippen LogP contribution in [-0.2, 0) is 38.0 Å². The number of carbonyl (C=O) groups excluding carboxylic acids is 3. The van der Waals surface area contributed by atoms with Crippen LogP contribution in [0.15, 0.2) is 23.8 Å². The van der Waals surface area contributed by atoms with Gasteiger partial charge in [-0.1, -0.05) is 46.8 Å². The van der Waals surface area contributed by atoms with Gasteiger partial charge in [0.2, 0.25) is 0 Å². The standard InChI is InChI=1S/C39H61NO11/c1-14-28-48-26-16-27-39(18-46-27,50-23(7)41)31-22(6)38(36(11,12)45)17-25(20(4)29(38)21(5)32(49-28)37(26,31)13)47-33(43)30(42)24(15-19(2)3)40-34(44)51-35(8,9)10/h14,19,21-22,24-28,30-32,42,45H,1,15-18H2,2-13H3,(H,40,44)/t21-,22-,24-,25-,26-,27+,28?,30+,31-,32?,37+,38+,39-/m0/s1. The average molecular weight is 720 g/mol. The lowest BCUT2D eigenvalue weighted by Crippen LogP contribution is -2.78. The zero-order valence-corrected chi connectivity index (χ0v) is 32.5. The van der Waals surface area contributed by atoms with Crippen LogP contribution in [0.4, 0.5) is 4.79 Å². The molecule has 0 radical (unpaired) electrons. The number of carbonyl (C=O) groups is 3. The number of nitrogens with one attached hydrogen (secondary N) is 1. The van der Waals surface area contributed by atoms with E-state index in [1.807, 2.05) is 20.8 Å². The van der Waals surface area contributed by atoms with Gasteiger partial charge in [0.15, 0.2) is 18.0 Å². The summed E-state index contributed by atoms with van der Waals surface area (Å²) in [6.45, 7) is 26.4. The zero-order valence-electron chi connectivity index (χ0n) is 32.5. The Balaban J connectivity index is 1.58. The van der Waals surface area contributed by atoms with Crippen molar-refractivity contribution in [2.75, 3.05) is 6.61 Å². The molecule has 5 rings (SSSR count). The molecule has 12 heteroatoms. The van der Waals surface area contributed by atoms with Crippen LogP contribution in [0.5, 0.6) is 0 Å². The molecule has 51 heavy (non-hydrogen) atoms. The highest BCUT2D eigenvalue weighted by atomic mass is 16.7. The van der Waals surface area contributed by atoms with Crippen molar-refractivity contribution < 1.29 is 53.0 Å². The van der Waals surface area contributed by atoms with E-state index in [0.717, 1.165) is 11.1 Å². The van der Waals surface area contributed by atoms with E-state index in [2.05, 4.69) is 32.7 Å². The molecule has 2 aliphatic heterocycles. The van der Waals surface area contributed by atoms with Gasteiger partial charge in [-0.3, -0.25) is 4.79 Å². The lowest BCUT2D eigenvalue weighted by molar-refractivity contribution is -0.387. The molecule has 13 atom stereocenters. The largest absolute Gasteiger partial charge is 0.456 e. The van der Waals surface area contributed by atoms with Crippen LogP contribution < -0.4 is 5.32 Å². The fraction of sp³-hybridized carbons (Fsp3) is 0.821. The minimum absolute atomic E-state index is 0.0332. The summed E-state index contributed by atoms with van der Waals surface area (Å²) in [6, 6.07) is -0.959. The smallest absolute Gasteiger partial charge is 0.407 e. The quantitative estimate of drug-likeness (QED) is 0.168. The monoisotopic (exact) mass is 719 g/mol. The highest BCUT2D eigenvalue weighted by Gasteiger charge is 2.78. The topological polar surface area (TPSA) is 159 Å². The highest BCUT2D eigenvalue weighted by Crippen LogP contribution is 2.71. The Morgan fingerprint density at radius 1 is 1.12 bits per heavy atom. The van der Waals surface area contributed by atoms with Gasteiger partial charge in [0, 0.05) is 42.4 Å². The molecule has 0 aromatic carbocycles. The van der Waals surface area contributed by atoms with Crippen molar-refractivity contribution >= 4 is 18.0 Å². The van der Waals surface area contributed by atoms with Crippen molar-refractivity contribution in [3.8, 4) is 0 Å². The van der Waals surface area contributed by atoms with Crippen LogP contribution >= 0.6 is 0 Å². The second kappa shape index (κ2) is 13.4. The summed E-state index contributed by atoms with van der Waals surface area (Å²) in [6.07, 6.45) is -2.45. The molecule has 5 aliphatic rings. The summed E-state index contributed by atoms with van der Waals surface area (Å²) < 4.78 is 37.3. The molecule has 1 amide bonds. The molecule has 0 aromatic rings. The van der Waals surface area contributed by atoms with E-state index in [1.54, 1.807) is 40.7 Å². The van der Waals surface area contributed by atoms with E-state index in [1.165, 1.54) is 6.92 Å². The summed E-state index contributed by atoms with van der Waals surface area (Å²) in [5.74, 6) is -2.33. The molecule has 288 valence electrons. The number of esters is 2. The summed E-state index contributed by atoms with van der Waals surface area (Å²) in [7, 11) is 0. The molecule has 0 aromatic heterocycles. The number of aliphatic hydroxyl groups is 2. The molecule has 0 spiro atoms. The Morgan fingerprint density at radius 2 is 1.76 bits per heavy atom. The number of hydrogen-bond acceptors (Lipinski definition) is 11. The second-order valence-corrected chi connectivity index (χ2v) is 17.9. The van der Waals surface area contributed by atoms with Crippen LogP contribution in [0.2, 0.25) is 0 Å². The predicted octanol–water partition coefficient (Wildman–Crippen LogP) is 4.98. The SMILES string of the molecule is C=CC1OC2[C@@H](C)C3=C(C)[C@@H](OC(=O)[C@H](O)[C@H](CC(C)C)NC(=O)OC(C)(C)C)C[C@@]3(C(C)(C)O)[C@@H](C)[C@@H]3[C@]4(OC(C)=O)CO[C@@H]4C[C@H](O1)[C@@]23C. The van der Waals surface area contributed by atoms with Crippen LogP contribution in [-0.4, -0.2) is 94.5 Å². The molecule has 2 saturated carbocycles. The van der Waals surface area contributed by atoms with Gasteiger partial charge in [0.1, 0.15) is 17.8 Å². The number of hydrogen-bond donors (Lipinski definition) is 3. The fourth-order valence-electron chi connectivity index (χ4n) is 10.9. The number of alkyl carbamates (subject to hydrolysis) is 1. The minimum Gasteiger partial charge on any atom is -0.456 e. The summed E-state index contributed by atoms with van der Waals surface area (Å²) in [4.78, 5) is 39.4. The van der Waals surface area contributed by atoms with Gasteiger partial charge in [-0.05, 0) is 71.4 Å². The van der Waals surface area contributed by atoms with Crippen LogP contribution in [0.1, 0.15) is 102 Å². The van der Waals surface area contributed by atoms with Crippen molar-refractivity contribution in [1.29, 1.82) is 0 Å². The van der Waals surface area contributed by atoms with E-state index in [9.17, 15) is 24.6 Å². The van der Waals surface area contributed by atoms with Gasteiger partial charge in [-0.25, -0.2) is 9.59 Å². The van der Waals surface area contributed by atoms with Gasteiger partial charge in [-0.15, -0.1) is 0 Å². The number of aliphatic hydroxyl groups excluding tert-OH is 1. The molecule has 2 heterocycles. The van der Waals surface area contributed by atoms with Gasteiger partial charge in [0.05, 0.1) is 30.5 Å². The minimum atomic E-state index is -1.68. The first-order valence-electron chi connectivity index (χ1n) is 18.5. The lowest BCUT2D eigenvalue weighted by Gasteiger charge is -2.68. The molecule has 2 unspecified atom stereocenters. The first-order valence-corrected chi connectivity index (χ1v) is 18.5. The number of fused-ring (bicyclic) bond motifs is 3. The third-order valence-electron chi connectivity index (χ3n) is 12.6. The van der Waals surface area contributed by atoms with E-state index in [4.69, 9.17) is 28.4 Å². The Morgan fingerprint density at radius 3 is 2.27 bits per heavy atom. The predicted molar refractivity (Wildman–Crippen MR) is 187 cm³/mol. The molecule has 12 nitrogen and oxygen atoms in total. The summed E-state index contributed by atoms with van der Waals surface area (Å²) in [5, 5.41) is 26.5. The molecule has 2 saturated heterocycles. The molecule has 3 aliphatic carbocycles. The van der Waals surface area contributed by atoms with Crippen molar-refractivity contribution in [2.24, 2.45) is 34.5 Å². The molecule has 0 bridgehead atoms. The lowest BCUT2D eigenvalue weighted by atomic mass is 9.47. The maximum atomic E-state index is 13.9. The maximum absolute atomic E-state index is 13.9. The third kappa shape index (κ3) is 6.44. The van der Waals surface area contributed by atoms with Crippen LogP contribution in [0.25, 0.3) is 0 Å². The Hall–Kier alpha value is -2.51. The zero-order chi connectivity index (χ0) is 38.2. The molecular weight excluding hydrogens is 658 g/mol. The number of rotatable bonds is 9. The maximum Gasteiger partial charge on any atom is 0.407 e. The van der Waals surface area contributed by atoms with E-state index >= 15 is 0 Å².